The number of carboxylic acid groups (broad SMARTS) is 1. The van der Waals surface area contributed by atoms with E-state index in [4.69, 9.17) is 5.11 Å². The van der Waals surface area contributed by atoms with E-state index < -0.39 is 29.7 Å². The number of hydrogen-bond donors (Lipinski definition) is 1. The maximum atomic E-state index is 12.7. The highest BCUT2D eigenvalue weighted by molar-refractivity contribution is 6.01. The summed E-state index contributed by atoms with van der Waals surface area (Å²) in [6, 6.07) is 0.379. The molecule has 5 nitrogen and oxygen atoms in total. The van der Waals surface area contributed by atoms with E-state index in [0.29, 0.717) is 6.07 Å². The first-order valence-corrected chi connectivity index (χ1v) is 5.81. The molecule has 0 aliphatic carbocycles. The summed E-state index contributed by atoms with van der Waals surface area (Å²) in [6.07, 6.45) is -4.54. The van der Waals surface area contributed by atoms with Crippen molar-refractivity contribution in [2.24, 2.45) is 0 Å². The number of aromatic nitrogens is 1. The largest absolute Gasteiger partial charge is 0.480 e. The van der Waals surface area contributed by atoms with Gasteiger partial charge in [0.25, 0.3) is 0 Å². The number of carbonyl (C=O) groups is 2. The standard InChI is InChI=1S/C12H11F3N2O3/c1-6-4-7(12(13,14)15)5-9(16-6)17-8(11(19)20)2-3-10(17)18/h4-5,8H,2-3H2,1H3,(H,19,20)/t8-/m0/s1. The number of hydrogen-bond acceptors (Lipinski definition) is 3. The van der Waals surface area contributed by atoms with Crippen molar-refractivity contribution < 1.29 is 27.9 Å². The maximum absolute atomic E-state index is 12.7. The highest BCUT2D eigenvalue weighted by atomic mass is 19.4. The summed E-state index contributed by atoms with van der Waals surface area (Å²) in [5, 5.41) is 9.02. The molecule has 0 radical (unpaired) electrons. The lowest BCUT2D eigenvalue weighted by Gasteiger charge is -2.22. The lowest BCUT2D eigenvalue weighted by atomic mass is 10.2. The van der Waals surface area contributed by atoms with E-state index in [1.54, 1.807) is 0 Å². The summed E-state index contributed by atoms with van der Waals surface area (Å²) in [5.74, 6) is -2.07. The Labute approximate surface area is 112 Å². The van der Waals surface area contributed by atoms with E-state index in [2.05, 4.69) is 4.98 Å². The highest BCUT2D eigenvalue weighted by Crippen LogP contribution is 2.33. The van der Waals surface area contributed by atoms with Gasteiger partial charge in [-0.15, -0.1) is 0 Å². The smallest absolute Gasteiger partial charge is 0.416 e. The molecule has 108 valence electrons. The molecule has 20 heavy (non-hydrogen) atoms. The third kappa shape index (κ3) is 2.59. The van der Waals surface area contributed by atoms with Gasteiger partial charge in [-0.25, -0.2) is 9.78 Å². The fourth-order valence-electron chi connectivity index (χ4n) is 2.14. The number of amides is 1. The number of carbonyl (C=O) groups excluding carboxylic acids is 1. The molecule has 8 heteroatoms. The van der Waals surface area contributed by atoms with E-state index >= 15 is 0 Å². The number of rotatable bonds is 2. The zero-order valence-corrected chi connectivity index (χ0v) is 10.4. The molecule has 0 spiro atoms. The third-order valence-electron chi connectivity index (χ3n) is 3.01. The lowest BCUT2D eigenvalue weighted by molar-refractivity contribution is -0.139. The van der Waals surface area contributed by atoms with Gasteiger partial charge in [0.05, 0.1) is 5.56 Å². The van der Waals surface area contributed by atoms with E-state index in [-0.39, 0.29) is 24.4 Å². The Morgan fingerprint density at radius 1 is 1.45 bits per heavy atom. The summed E-state index contributed by atoms with van der Waals surface area (Å²) in [6.45, 7) is 1.36. The van der Waals surface area contributed by atoms with Crippen LogP contribution in [0.4, 0.5) is 19.0 Å². The minimum atomic E-state index is -4.58. The van der Waals surface area contributed by atoms with Gasteiger partial charge in [-0.3, -0.25) is 9.69 Å². The SMILES string of the molecule is Cc1cc(C(F)(F)F)cc(N2C(=O)CC[C@H]2C(=O)O)n1. The van der Waals surface area contributed by atoms with Gasteiger partial charge in [0.1, 0.15) is 11.9 Å². The van der Waals surface area contributed by atoms with Crippen LogP contribution in [0.3, 0.4) is 0 Å². The maximum Gasteiger partial charge on any atom is 0.416 e. The van der Waals surface area contributed by atoms with Crippen LogP contribution >= 0.6 is 0 Å². The Morgan fingerprint density at radius 2 is 2.10 bits per heavy atom. The van der Waals surface area contributed by atoms with Crippen molar-refractivity contribution in [3.63, 3.8) is 0 Å². The Balaban J connectivity index is 2.49. The molecule has 0 aromatic carbocycles. The van der Waals surface area contributed by atoms with Crippen molar-refractivity contribution in [2.45, 2.75) is 32.0 Å². The summed E-state index contributed by atoms with van der Waals surface area (Å²) < 4.78 is 38.2. The first-order chi connectivity index (χ1) is 9.20. The van der Waals surface area contributed by atoms with Crippen LogP contribution in [0.2, 0.25) is 0 Å². The van der Waals surface area contributed by atoms with Crippen molar-refractivity contribution in [2.75, 3.05) is 4.90 Å². The monoisotopic (exact) mass is 288 g/mol. The Morgan fingerprint density at radius 3 is 2.65 bits per heavy atom. The molecule has 1 N–H and O–H groups in total. The quantitative estimate of drug-likeness (QED) is 0.903. The van der Waals surface area contributed by atoms with Crippen LogP contribution in [0.5, 0.6) is 0 Å². The van der Waals surface area contributed by atoms with Gasteiger partial charge < -0.3 is 5.11 Å². The molecule has 1 aromatic rings. The van der Waals surface area contributed by atoms with Crippen LogP contribution < -0.4 is 4.90 Å². The van der Waals surface area contributed by atoms with Crippen molar-refractivity contribution in [3.05, 3.63) is 23.4 Å². The number of nitrogens with zero attached hydrogens (tertiary/aromatic N) is 2. The normalized spacial score (nSPS) is 19.5. The van der Waals surface area contributed by atoms with Gasteiger partial charge >= 0.3 is 12.1 Å². The highest BCUT2D eigenvalue weighted by Gasteiger charge is 2.39. The number of halogens is 3. The number of carboxylic acids is 1. The molecule has 0 saturated carbocycles. The zero-order valence-electron chi connectivity index (χ0n) is 10.4. The van der Waals surface area contributed by atoms with E-state index in [1.807, 2.05) is 0 Å². The average molecular weight is 288 g/mol. The molecular formula is C12H11F3N2O3. The second-order valence-corrected chi connectivity index (χ2v) is 4.51. The number of aryl methyl sites for hydroxylation is 1. The third-order valence-corrected chi connectivity index (χ3v) is 3.01. The molecule has 1 saturated heterocycles. The first kappa shape index (κ1) is 14.3. The molecule has 0 unspecified atom stereocenters. The predicted octanol–water partition coefficient (Wildman–Crippen LogP) is 1.99. The molecule has 2 rings (SSSR count). The Kier molecular flexibility index (Phi) is 3.41. The Bertz CT molecular complexity index is 572. The number of aliphatic carboxylic acids is 1. The summed E-state index contributed by atoms with van der Waals surface area (Å²) in [4.78, 5) is 27.4. The second-order valence-electron chi connectivity index (χ2n) is 4.51. The van der Waals surface area contributed by atoms with E-state index in [0.717, 1.165) is 11.0 Å². The van der Waals surface area contributed by atoms with Crippen molar-refractivity contribution in [1.29, 1.82) is 0 Å². The molecule has 1 fully saturated rings. The van der Waals surface area contributed by atoms with Crippen LogP contribution in [0.15, 0.2) is 12.1 Å². The van der Waals surface area contributed by atoms with Gasteiger partial charge in [0.15, 0.2) is 0 Å². The Hall–Kier alpha value is -2.12. The molecule has 1 aromatic heterocycles. The van der Waals surface area contributed by atoms with Crippen molar-refractivity contribution >= 4 is 17.7 Å². The summed E-state index contributed by atoms with van der Waals surface area (Å²) in [7, 11) is 0. The lowest BCUT2D eigenvalue weighted by Crippen LogP contribution is -2.39. The second kappa shape index (κ2) is 4.77. The summed E-state index contributed by atoms with van der Waals surface area (Å²) >= 11 is 0. The predicted molar refractivity (Wildman–Crippen MR) is 62.1 cm³/mol. The van der Waals surface area contributed by atoms with Crippen LogP contribution in [-0.2, 0) is 15.8 Å². The zero-order chi connectivity index (χ0) is 15.1. The minimum absolute atomic E-state index is 0.0199. The van der Waals surface area contributed by atoms with Gasteiger partial charge in [0, 0.05) is 12.1 Å². The average Bonchev–Trinajstić information content (AvgIpc) is 2.69. The topological polar surface area (TPSA) is 70.5 Å². The fraction of sp³-hybridized carbons (Fsp3) is 0.417. The van der Waals surface area contributed by atoms with Crippen LogP contribution in [0, 0.1) is 6.92 Å². The van der Waals surface area contributed by atoms with Crippen molar-refractivity contribution in [3.8, 4) is 0 Å². The van der Waals surface area contributed by atoms with Crippen LogP contribution in [0.25, 0.3) is 0 Å². The molecule has 1 amide bonds. The first-order valence-electron chi connectivity index (χ1n) is 5.81. The molecule has 1 aliphatic heterocycles. The number of pyridine rings is 1. The van der Waals surface area contributed by atoms with E-state index in [9.17, 15) is 22.8 Å². The van der Waals surface area contributed by atoms with Gasteiger partial charge in [-0.2, -0.15) is 13.2 Å². The van der Waals surface area contributed by atoms with E-state index in [1.165, 1.54) is 6.92 Å². The van der Waals surface area contributed by atoms with Gasteiger partial charge in [-0.05, 0) is 25.5 Å². The number of alkyl halides is 3. The molecule has 1 atom stereocenters. The molecule has 2 heterocycles. The molecule has 0 bridgehead atoms. The van der Waals surface area contributed by atoms with Gasteiger partial charge in [-0.1, -0.05) is 0 Å². The fourth-order valence-corrected chi connectivity index (χ4v) is 2.14. The summed E-state index contributed by atoms with van der Waals surface area (Å²) in [5.41, 5.74) is -0.887. The number of anilines is 1. The van der Waals surface area contributed by atoms with Crippen LogP contribution in [0.1, 0.15) is 24.1 Å². The minimum Gasteiger partial charge on any atom is -0.480 e. The van der Waals surface area contributed by atoms with Crippen LogP contribution in [-0.4, -0.2) is 28.0 Å². The molecule has 1 aliphatic rings. The molecular weight excluding hydrogens is 277 g/mol. The van der Waals surface area contributed by atoms with Gasteiger partial charge in [0.2, 0.25) is 5.91 Å². The van der Waals surface area contributed by atoms with Crippen molar-refractivity contribution in [1.82, 2.24) is 4.98 Å².